The lowest BCUT2D eigenvalue weighted by atomic mass is 10.1. The number of amides is 1. The summed E-state index contributed by atoms with van der Waals surface area (Å²) in [6.45, 7) is 10.8. The van der Waals surface area contributed by atoms with Crippen molar-refractivity contribution in [3.05, 3.63) is 41.9 Å². The van der Waals surface area contributed by atoms with E-state index in [1.165, 1.54) is 5.56 Å². The summed E-state index contributed by atoms with van der Waals surface area (Å²) in [7, 11) is 0. The summed E-state index contributed by atoms with van der Waals surface area (Å²) in [5, 5.41) is 5.53. The average Bonchev–Trinajstić information content (AvgIpc) is 3.10. The molecule has 7 nitrogen and oxygen atoms in total. The molecule has 0 unspecified atom stereocenters. The molecule has 0 N–H and O–H groups in total. The highest BCUT2D eigenvalue weighted by Crippen LogP contribution is 2.27. The van der Waals surface area contributed by atoms with Gasteiger partial charge in [-0.1, -0.05) is 26.0 Å². The minimum absolute atomic E-state index is 0.0344. The lowest BCUT2D eigenvalue weighted by Crippen LogP contribution is -2.50. The second kappa shape index (κ2) is 7.22. The van der Waals surface area contributed by atoms with E-state index in [0.29, 0.717) is 13.1 Å². The molecular formula is C21H26N6O. The monoisotopic (exact) mass is 378 g/mol. The minimum atomic E-state index is 0.0344. The van der Waals surface area contributed by atoms with E-state index in [1.54, 1.807) is 0 Å². The van der Waals surface area contributed by atoms with Crippen molar-refractivity contribution in [2.24, 2.45) is 5.92 Å². The molecule has 3 heterocycles. The average molecular weight is 378 g/mol. The van der Waals surface area contributed by atoms with Crippen LogP contribution >= 0.6 is 0 Å². The summed E-state index contributed by atoms with van der Waals surface area (Å²) in [6, 6.07) is 8.23. The number of nitrogens with zero attached hydrogens (tertiary/aromatic N) is 6. The Bertz CT molecular complexity index is 1020. The van der Waals surface area contributed by atoms with E-state index in [1.807, 2.05) is 48.7 Å². The van der Waals surface area contributed by atoms with Crippen LogP contribution in [0.15, 0.2) is 30.5 Å². The molecule has 1 aliphatic heterocycles. The number of aromatic nitrogens is 4. The first-order valence-corrected chi connectivity index (χ1v) is 9.77. The van der Waals surface area contributed by atoms with Crippen molar-refractivity contribution in [2.45, 2.75) is 27.7 Å². The lowest BCUT2D eigenvalue weighted by molar-refractivity contribution is -0.134. The largest absolute Gasteiger partial charge is 0.352 e. The number of benzene rings is 1. The summed E-state index contributed by atoms with van der Waals surface area (Å²) in [5.41, 5.74) is 2.98. The molecule has 0 saturated carbocycles. The molecule has 0 bridgehead atoms. The summed E-state index contributed by atoms with van der Waals surface area (Å²) in [5.74, 6) is 1.87. The smallest absolute Gasteiger partial charge is 0.225 e. The highest BCUT2D eigenvalue weighted by atomic mass is 16.2. The van der Waals surface area contributed by atoms with E-state index < -0.39 is 0 Å². The first-order valence-electron chi connectivity index (χ1n) is 9.77. The highest BCUT2D eigenvalue weighted by Gasteiger charge is 2.25. The first kappa shape index (κ1) is 18.4. The molecule has 1 aromatic carbocycles. The van der Waals surface area contributed by atoms with Crippen LogP contribution < -0.4 is 4.90 Å². The van der Waals surface area contributed by atoms with E-state index in [2.05, 4.69) is 34.0 Å². The Balaban J connectivity index is 1.67. The summed E-state index contributed by atoms with van der Waals surface area (Å²) in [6.07, 6.45) is 1.85. The van der Waals surface area contributed by atoms with Crippen molar-refractivity contribution in [1.29, 1.82) is 0 Å². The second-order valence-electron chi connectivity index (χ2n) is 7.69. The van der Waals surface area contributed by atoms with Gasteiger partial charge in [0.05, 0.1) is 17.3 Å². The molecule has 0 radical (unpaired) electrons. The molecule has 1 fully saturated rings. The molecule has 1 aliphatic rings. The van der Waals surface area contributed by atoms with Gasteiger partial charge >= 0.3 is 0 Å². The van der Waals surface area contributed by atoms with E-state index in [0.717, 1.165) is 41.5 Å². The zero-order chi connectivity index (χ0) is 19.8. The number of aryl methyl sites for hydroxylation is 2. The number of hydrogen-bond acceptors (Lipinski definition) is 5. The number of hydrogen-bond donors (Lipinski definition) is 0. The third-order valence-corrected chi connectivity index (χ3v) is 5.15. The fourth-order valence-electron chi connectivity index (χ4n) is 3.69. The molecule has 4 rings (SSSR count). The van der Waals surface area contributed by atoms with Crippen LogP contribution in [-0.2, 0) is 4.79 Å². The van der Waals surface area contributed by atoms with E-state index in [-0.39, 0.29) is 11.8 Å². The van der Waals surface area contributed by atoms with Crippen LogP contribution in [0.4, 0.5) is 5.82 Å². The Morgan fingerprint density at radius 2 is 1.82 bits per heavy atom. The second-order valence-corrected chi connectivity index (χ2v) is 7.69. The number of piperazine rings is 1. The minimum Gasteiger partial charge on any atom is -0.352 e. The van der Waals surface area contributed by atoms with Crippen LogP contribution in [0.25, 0.3) is 16.7 Å². The summed E-state index contributed by atoms with van der Waals surface area (Å²) in [4.78, 5) is 25.8. The van der Waals surface area contributed by atoms with Gasteiger partial charge in [-0.25, -0.2) is 14.6 Å². The van der Waals surface area contributed by atoms with Gasteiger partial charge in [0.25, 0.3) is 0 Å². The molecule has 3 aromatic rings. The predicted octanol–water partition coefficient (Wildman–Crippen LogP) is 2.74. The Morgan fingerprint density at radius 1 is 1.07 bits per heavy atom. The van der Waals surface area contributed by atoms with Crippen LogP contribution in [0.1, 0.15) is 25.2 Å². The fraction of sp³-hybridized carbons (Fsp3) is 0.429. The zero-order valence-corrected chi connectivity index (χ0v) is 16.9. The number of carbonyl (C=O) groups is 1. The number of carbonyl (C=O) groups excluding carboxylic acids is 1. The van der Waals surface area contributed by atoms with Crippen LogP contribution in [-0.4, -0.2) is 56.7 Å². The maximum absolute atomic E-state index is 12.3. The van der Waals surface area contributed by atoms with Crippen molar-refractivity contribution < 1.29 is 4.79 Å². The van der Waals surface area contributed by atoms with Crippen molar-refractivity contribution in [2.75, 3.05) is 31.1 Å². The van der Waals surface area contributed by atoms with Crippen molar-refractivity contribution in [3.63, 3.8) is 0 Å². The number of fused-ring (bicyclic) bond motifs is 1. The molecule has 0 aliphatic carbocycles. The fourth-order valence-corrected chi connectivity index (χ4v) is 3.69. The van der Waals surface area contributed by atoms with Crippen LogP contribution in [0, 0.1) is 19.8 Å². The highest BCUT2D eigenvalue weighted by molar-refractivity contribution is 5.88. The quantitative estimate of drug-likeness (QED) is 0.701. The van der Waals surface area contributed by atoms with Gasteiger partial charge in [0.2, 0.25) is 5.91 Å². The van der Waals surface area contributed by atoms with Gasteiger partial charge in [-0.05, 0) is 31.5 Å². The maximum atomic E-state index is 12.3. The van der Waals surface area contributed by atoms with Crippen molar-refractivity contribution in [3.8, 4) is 5.69 Å². The Labute approximate surface area is 165 Å². The van der Waals surface area contributed by atoms with Gasteiger partial charge in [-0.2, -0.15) is 5.10 Å². The molecule has 1 saturated heterocycles. The molecule has 0 atom stereocenters. The van der Waals surface area contributed by atoms with Gasteiger partial charge in [0, 0.05) is 32.1 Å². The Kier molecular flexibility index (Phi) is 4.75. The molecule has 0 spiro atoms. The van der Waals surface area contributed by atoms with Gasteiger partial charge in [0.1, 0.15) is 11.6 Å². The van der Waals surface area contributed by atoms with Crippen LogP contribution in [0.5, 0.6) is 0 Å². The standard InChI is InChI=1S/C21H26N6O/c1-14(2)21(28)26-10-8-25(9-11-26)19-18-13-22-27(20(18)24-16(4)23-19)17-7-5-6-15(3)12-17/h5-7,12-14H,8-11H2,1-4H3. The number of anilines is 1. The normalized spacial score (nSPS) is 14.9. The Morgan fingerprint density at radius 3 is 2.50 bits per heavy atom. The SMILES string of the molecule is Cc1cccc(-n2ncc3c(N4CCN(C(=O)C(C)C)CC4)nc(C)nc32)c1. The Hall–Kier alpha value is -2.96. The van der Waals surface area contributed by atoms with E-state index in [9.17, 15) is 4.79 Å². The molecular weight excluding hydrogens is 352 g/mol. The van der Waals surface area contributed by atoms with Gasteiger partial charge in [-0.3, -0.25) is 4.79 Å². The topological polar surface area (TPSA) is 67.2 Å². The van der Waals surface area contributed by atoms with E-state index in [4.69, 9.17) is 4.98 Å². The van der Waals surface area contributed by atoms with Crippen molar-refractivity contribution in [1.82, 2.24) is 24.6 Å². The zero-order valence-electron chi connectivity index (χ0n) is 16.9. The molecule has 1 amide bonds. The van der Waals surface area contributed by atoms with Crippen LogP contribution in [0.2, 0.25) is 0 Å². The third kappa shape index (κ3) is 3.32. The first-order chi connectivity index (χ1) is 13.4. The summed E-state index contributed by atoms with van der Waals surface area (Å²) < 4.78 is 1.87. The predicted molar refractivity (Wildman–Crippen MR) is 110 cm³/mol. The van der Waals surface area contributed by atoms with Crippen molar-refractivity contribution >= 4 is 22.8 Å². The molecule has 7 heteroatoms. The lowest BCUT2D eigenvalue weighted by Gasteiger charge is -2.36. The number of rotatable bonds is 3. The van der Waals surface area contributed by atoms with Gasteiger partial charge in [0.15, 0.2) is 5.65 Å². The van der Waals surface area contributed by atoms with E-state index >= 15 is 0 Å². The summed E-state index contributed by atoms with van der Waals surface area (Å²) >= 11 is 0. The van der Waals surface area contributed by atoms with Gasteiger partial charge in [-0.15, -0.1) is 0 Å². The van der Waals surface area contributed by atoms with Gasteiger partial charge < -0.3 is 9.80 Å². The molecule has 146 valence electrons. The maximum Gasteiger partial charge on any atom is 0.225 e. The molecule has 2 aromatic heterocycles. The molecule has 28 heavy (non-hydrogen) atoms. The van der Waals surface area contributed by atoms with Crippen LogP contribution in [0.3, 0.4) is 0 Å². The third-order valence-electron chi connectivity index (χ3n) is 5.15.